The first kappa shape index (κ1) is 28.2. The Morgan fingerprint density at radius 3 is 1.35 bits per heavy atom. The van der Waals surface area contributed by atoms with Crippen LogP contribution in [0.25, 0.3) is 0 Å². The van der Waals surface area contributed by atoms with Gasteiger partial charge < -0.3 is 5.73 Å². The van der Waals surface area contributed by atoms with Crippen LogP contribution in [0.1, 0.15) is 154 Å². The lowest BCUT2D eigenvalue weighted by molar-refractivity contribution is 0.300. The van der Waals surface area contributed by atoms with Crippen molar-refractivity contribution in [3.63, 3.8) is 0 Å². The summed E-state index contributed by atoms with van der Waals surface area (Å²) in [6, 6.07) is 11.0. The molecule has 0 heterocycles. The van der Waals surface area contributed by atoms with Crippen molar-refractivity contribution in [2.75, 3.05) is 0 Å². The van der Waals surface area contributed by atoms with Gasteiger partial charge in [0.05, 0.1) is 0 Å². The lowest BCUT2D eigenvalue weighted by Crippen LogP contribution is -2.44. The average molecular weight is 430 g/mol. The van der Waals surface area contributed by atoms with E-state index in [9.17, 15) is 0 Å². The molecule has 31 heavy (non-hydrogen) atoms. The molecule has 0 aromatic heterocycles. The first-order valence-electron chi connectivity index (χ1n) is 14.0. The molecule has 0 saturated carbocycles. The zero-order valence-corrected chi connectivity index (χ0v) is 21.5. The van der Waals surface area contributed by atoms with Crippen LogP contribution in [0.2, 0.25) is 0 Å². The summed E-state index contributed by atoms with van der Waals surface area (Å²) in [4.78, 5) is 0. The molecule has 0 aliphatic heterocycles. The molecule has 0 radical (unpaired) electrons. The highest BCUT2D eigenvalue weighted by molar-refractivity contribution is 5.23. The van der Waals surface area contributed by atoms with Crippen molar-refractivity contribution in [1.29, 1.82) is 0 Å². The predicted molar refractivity (Wildman–Crippen MR) is 141 cm³/mol. The van der Waals surface area contributed by atoms with Crippen molar-refractivity contribution < 1.29 is 0 Å². The Kier molecular flexibility index (Phi) is 17.0. The number of hydrogen-bond donors (Lipinski definition) is 1. The van der Waals surface area contributed by atoms with Crippen LogP contribution in [0.5, 0.6) is 0 Å². The van der Waals surface area contributed by atoms with Gasteiger partial charge in [0.1, 0.15) is 0 Å². The SMILES string of the molecule is CCCCCCCCCCCCCCCCCCC(c1ccccc1)C(N)(CC)CC. The monoisotopic (exact) mass is 429 g/mol. The second-order valence-corrected chi connectivity index (χ2v) is 10.00. The molecule has 0 amide bonds. The minimum absolute atomic E-state index is 0.0587. The molecule has 0 saturated heterocycles. The first-order valence-corrected chi connectivity index (χ1v) is 14.0. The molecule has 0 bridgehead atoms. The van der Waals surface area contributed by atoms with Crippen LogP contribution in [-0.2, 0) is 0 Å². The molecule has 1 aromatic carbocycles. The highest BCUT2D eigenvalue weighted by Gasteiger charge is 2.32. The van der Waals surface area contributed by atoms with Gasteiger partial charge in [-0.2, -0.15) is 0 Å². The lowest BCUT2D eigenvalue weighted by Gasteiger charge is -2.37. The highest BCUT2D eigenvalue weighted by Crippen LogP contribution is 2.36. The van der Waals surface area contributed by atoms with E-state index in [0.717, 1.165) is 12.8 Å². The molecule has 1 rings (SSSR count). The second-order valence-electron chi connectivity index (χ2n) is 10.00. The summed E-state index contributed by atoms with van der Waals surface area (Å²) in [5, 5.41) is 0. The largest absolute Gasteiger partial charge is 0.325 e. The Hall–Kier alpha value is -0.820. The average Bonchev–Trinajstić information content (AvgIpc) is 2.81. The van der Waals surface area contributed by atoms with Gasteiger partial charge in [0, 0.05) is 11.5 Å². The third kappa shape index (κ3) is 12.7. The van der Waals surface area contributed by atoms with Gasteiger partial charge in [-0.15, -0.1) is 0 Å². The fourth-order valence-electron chi connectivity index (χ4n) is 5.11. The summed E-state index contributed by atoms with van der Waals surface area (Å²) in [6.45, 7) is 6.81. The van der Waals surface area contributed by atoms with E-state index >= 15 is 0 Å². The molecule has 1 aromatic rings. The van der Waals surface area contributed by atoms with Gasteiger partial charge in [0.2, 0.25) is 0 Å². The van der Waals surface area contributed by atoms with Gasteiger partial charge in [-0.3, -0.25) is 0 Å². The van der Waals surface area contributed by atoms with Crippen molar-refractivity contribution in [3.05, 3.63) is 35.9 Å². The van der Waals surface area contributed by atoms with Crippen LogP contribution in [0.4, 0.5) is 0 Å². The summed E-state index contributed by atoms with van der Waals surface area (Å²) in [7, 11) is 0. The topological polar surface area (TPSA) is 26.0 Å². The molecule has 180 valence electrons. The van der Waals surface area contributed by atoms with Gasteiger partial charge in [0.15, 0.2) is 0 Å². The quantitative estimate of drug-likeness (QED) is 0.193. The van der Waals surface area contributed by atoms with Crippen LogP contribution in [-0.4, -0.2) is 5.54 Å². The van der Waals surface area contributed by atoms with Crippen LogP contribution in [0, 0.1) is 0 Å². The maximum Gasteiger partial charge on any atom is 0.0218 e. The van der Waals surface area contributed by atoms with Crippen LogP contribution < -0.4 is 5.73 Å². The number of unbranched alkanes of at least 4 members (excludes halogenated alkanes) is 15. The zero-order chi connectivity index (χ0) is 22.6. The smallest absolute Gasteiger partial charge is 0.0218 e. The normalized spacial score (nSPS) is 12.9. The maximum atomic E-state index is 6.84. The molecule has 0 fully saturated rings. The fraction of sp³-hybridized carbons (Fsp3) is 0.800. The Bertz CT molecular complexity index is 490. The summed E-state index contributed by atoms with van der Waals surface area (Å²) in [5.74, 6) is 0.496. The Labute approximate surface area is 196 Å². The molecule has 2 N–H and O–H groups in total. The minimum Gasteiger partial charge on any atom is -0.325 e. The van der Waals surface area contributed by atoms with Crippen molar-refractivity contribution >= 4 is 0 Å². The van der Waals surface area contributed by atoms with E-state index in [1.165, 1.54) is 115 Å². The van der Waals surface area contributed by atoms with Crippen molar-refractivity contribution in [3.8, 4) is 0 Å². The van der Waals surface area contributed by atoms with Gasteiger partial charge >= 0.3 is 0 Å². The molecule has 1 heteroatoms. The molecule has 1 atom stereocenters. The third-order valence-electron chi connectivity index (χ3n) is 7.56. The molecule has 1 nitrogen and oxygen atoms in total. The number of benzene rings is 1. The predicted octanol–water partition coefficient (Wildman–Crippen LogP) is 9.94. The van der Waals surface area contributed by atoms with Gasteiger partial charge in [-0.05, 0) is 24.8 Å². The molecular weight excluding hydrogens is 374 g/mol. The van der Waals surface area contributed by atoms with Crippen molar-refractivity contribution in [1.82, 2.24) is 0 Å². The minimum atomic E-state index is -0.0587. The summed E-state index contributed by atoms with van der Waals surface area (Å²) in [5.41, 5.74) is 8.22. The van der Waals surface area contributed by atoms with E-state index in [2.05, 4.69) is 51.1 Å². The number of rotatable bonds is 21. The molecule has 1 unspecified atom stereocenters. The standard InChI is InChI=1S/C30H55N/c1-4-7-8-9-10-11-12-13-14-15-16-17-18-19-20-24-27-29(30(31,5-2)6-3)28-25-22-21-23-26-28/h21-23,25-26,29H,4-20,24,27,31H2,1-3H3. The van der Waals surface area contributed by atoms with E-state index in [1.54, 1.807) is 0 Å². The molecule has 0 aliphatic rings. The first-order chi connectivity index (χ1) is 15.2. The third-order valence-corrected chi connectivity index (χ3v) is 7.56. The summed E-state index contributed by atoms with van der Waals surface area (Å²) < 4.78 is 0. The lowest BCUT2D eigenvalue weighted by atomic mass is 9.73. The van der Waals surface area contributed by atoms with Gasteiger partial charge in [-0.25, -0.2) is 0 Å². The van der Waals surface area contributed by atoms with Gasteiger partial charge in [-0.1, -0.05) is 154 Å². The van der Waals surface area contributed by atoms with Crippen LogP contribution in [0.15, 0.2) is 30.3 Å². The van der Waals surface area contributed by atoms with E-state index in [-0.39, 0.29) is 5.54 Å². The maximum absolute atomic E-state index is 6.84. The number of hydrogen-bond acceptors (Lipinski definition) is 1. The Balaban J connectivity index is 2.05. The fourth-order valence-corrected chi connectivity index (χ4v) is 5.11. The Morgan fingerprint density at radius 2 is 0.968 bits per heavy atom. The summed E-state index contributed by atoms with van der Waals surface area (Å²) >= 11 is 0. The van der Waals surface area contributed by atoms with E-state index in [1.807, 2.05) is 0 Å². The van der Waals surface area contributed by atoms with Crippen molar-refractivity contribution in [2.24, 2.45) is 5.73 Å². The van der Waals surface area contributed by atoms with E-state index in [0.29, 0.717) is 5.92 Å². The zero-order valence-electron chi connectivity index (χ0n) is 21.5. The van der Waals surface area contributed by atoms with Crippen molar-refractivity contribution in [2.45, 2.75) is 154 Å². The second kappa shape index (κ2) is 18.7. The molecular formula is C30H55N. The van der Waals surface area contributed by atoms with E-state index < -0.39 is 0 Å². The molecule has 0 aliphatic carbocycles. The van der Waals surface area contributed by atoms with Gasteiger partial charge in [0.25, 0.3) is 0 Å². The Morgan fingerprint density at radius 1 is 0.581 bits per heavy atom. The van der Waals surface area contributed by atoms with Crippen LogP contribution >= 0.6 is 0 Å². The highest BCUT2D eigenvalue weighted by atomic mass is 14.8. The molecule has 0 spiro atoms. The number of nitrogens with two attached hydrogens (primary N) is 1. The summed E-state index contributed by atoms with van der Waals surface area (Å²) in [6.07, 6.45) is 26.2. The van der Waals surface area contributed by atoms with Crippen LogP contribution in [0.3, 0.4) is 0 Å². The van der Waals surface area contributed by atoms with E-state index in [4.69, 9.17) is 5.73 Å².